The fourth-order valence-corrected chi connectivity index (χ4v) is 3.14. The molecule has 3 rings (SSSR count). The molecular formula is C19H24N4O2. The van der Waals surface area contributed by atoms with Gasteiger partial charge in [-0.05, 0) is 44.4 Å². The van der Waals surface area contributed by atoms with Crippen LogP contribution in [0.3, 0.4) is 0 Å². The van der Waals surface area contributed by atoms with E-state index in [1.54, 1.807) is 20.1 Å². The van der Waals surface area contributed by atoms with E-state index in [4.69, 9.17) is 4.74 Å². The van der Waals surface area contributed by atoms with Crippen LogP contribution in [0.15, 0.2) is 24.3 Å². The van der Waals surface area contributed by atoms with Crippen molar-refractivity contribution < 1.29 is 9.53 Å². The zero-order valence-corrected chi connectivity index (χ0v) is 14.9. The number of hydrogen-bond donors (Lipinski definition) is 2. The van der Waals surface area contributed by atoms with Crippen molar-refractivity contribution in [2.24, 2.45) is 0 Å². The van der Waals surface area contributed by atoms with Crippen LogP contribution in [0, 0.1) is 13.8 Å². The van der Waals surface area contributed by atoms with Gasteiger partial charge >= 0.3 is 0 Å². The topological polar surface area (TPSA) is 76.1 Å². The fraction of sp³-hybridized carbons (Fsp3) is 0.421. The predicted octanol–water partition coefficient (Wildman–Crippen LogP) is 3.71. The van der Waals surface area contributed by atoms with Gasteiger partial charge in [0.2, 0.25) is 0 Å². The second-order valence-electron chi connectivity index (χ2n) is 6.47. The second kappa shape index (κ2) is 7.51. The SMILES string of the molecule is COc1ccc(C)cc1NC(=O)c1cc(NC2CCCC2)nc(C)n1. The number of aromatic nitrogens is 2. The molecule has 0 spiro atoms. The van der Waals surface area contributed by atoms with Crippen LogP contribution in [0.2, 0.25) is 0 Å². The van der Waals surface area contributed by atoms with E-state index in [1.807, 2.05) is 25.1 Å². The monoisotopic (exact) mass is 340 g/mol. The smallest absolute Gasteiger partial charge is 0.274 e. The highest BCUT2D eigenvalue weighted by Gasteiger charge is 2.17. The molecule has 1 saturated carbocycles. The molecule has 1 heterocycles. The number of benzene rings is 1. The number of nitrogens with zero attached hydrogens (tertiary/aromatic N) is 2. The molecule has 0 unspecified atom stereocenters. The van der Waals surface area contributed by atoms with Gasteiger partial charge in [-0.1, -0.05) is 18.9 Å². The quantitative estimate of drug-likeness (QED) is 0.868. The molecule has 1 aliphatic carbocycles. The summed E-state index contributed by atoms with van der Waals surface area (Å²) in [4.78, 5) is 21.3. The van der Waals surface area contributed by atoms with E-state index in [-0.39, 0.29) is 5.91 Å². The van der Waals surface area contributed by atoms with E-state index in [9.17, 15) is 4.79 Å². The van der Waals surface area contributed by atoms with E-state index >= 15 is 0 Å². The van der Waals surface area contributed by atoms with Gasteiger partial charge in [0.15, 0.2) is 0 Å². The largest absolute Gasteiger partial charge is 0.495 e. The Hall–Kier alpha value is -2.63. The first-order chi connectivity index (χ1) is 12.0. The molecule has 25 heavy (non-hydrogen) atoms. The Balaban J connectivity index is 1.79. The molecule has 1 amide bonds. The highest BCUT2D eigenvalue weighted by Crippen LogP contribution is 2.26. The van der Waals surface area contributed by atoms with Gasteiger partial charge in [0.1, 0.15) is 23.1 Å². The van der Waals surface area contributed by atoms with Gasteiger partial charge in [-0.25, -0.2) is 9.97 Å². The van der Waals surface area contributed by atoms with Crippen molar-refractivity contribution in [3.8, 4) is 5.75 Å². The third kappa shape index (κ3) is 4.26. The first kappa shape index (κ1) is 17.2. The molecule has 0 saturated heterocycles. The van der Waals surface area contributed by atoms with Gasteiger partial charge in [-0.2, -0.15) is 0 Å². The molecule has 2 N–H and O–H groups in total. The third-order valence-electron chi connectivity index (χ3n) is 4.38. The van der Waals surface area contributed by atoms with Gasteiger partial charge in [0.05, 0.1) is 12.8 Å². The summed E-state index contributed by atoms with van der Waals surface area (Å²) in [6, 6.07) is 7.80. The zero-order chi connectivity index (χ0) is 17.8. The lowest BCUT2D eigenvalue weighted by atomic mass is 10.2. The van der Waals surface area contributed by atoms with Crippen LogP contribution in [0.1, 0.15) is 47.6 Å². The summed E-state index contributed by atoms with van der Waals surface area (Å²) in [5.74, 6) is 1.63. The van der Waals surface area contributed by atoms with Gasteiger partial charge in [-0.3, -0.25) is 4.79 Å². The molecule has 6 heteroatoms. The number of carbonyl (C=O) groups excluding carboxylic acids is 1. The number of carbonyl (C=O) groups is 1. The Morgan fingerprint density at radius 1 is 1.16 bits per heavy atom. The number of nitrogens with one attached hydrogen (secondary N) is 2. The number of amides is 1. The standard InChI is InChI=1S/C19H24N4O2/c1-12-8-9-17(25-3)15(10-12)23-19(24)16-11-18(21-13(2)20-16)22-14-6-4-5-7-14/h8-11,14H,4-7H2,1-3H3,(H,23,24)(H,20,21,22). The maximum Gasteiger partial charge on any atom is 0.274 e. The van der Waals surface area contributed by atoms with Gasteiger partial charge in [0.25, 0.3) is 5.91 Å². The minimum atomic E-state index is -0.274. The number of methoxy groups -OCH3 is 1. The number of aryl methyl sites for hydroxylation is 2. The lowest BCUT2D eigenvalue weighted by Crippen LogP contribution is -2.19. The van der Waals surface area contributed by atoms with Gasteiger partial charge < -0.3 is 15.4 Å². The van der Waals surface area contributed by atoms with Crippen molar-refractivity contribution in [2.75, 3.05) is 17.7 Å². The summed E-state index contributed by atoms with van der Waals surface area (Å²) in [6.45, 7) is 3.76. The molecule has 0 aliphatic heterocycles. The van der Waals surface area contributed by atoms with Crippen LogP contribution in [0.4, 0.5) is 11.5 Å². The van der Waals surface area contributed by atoms with E-state index in [1.165, 1.54) is 12.8 Å². The summed E-state index contributed by atoms with van der Waals surface area (Å²) >= 11 is 0. The Morgan fingerprint density at radius 3 is 2.64 bits per heavy atom. The van der Waals surface area contributed by atoms with E-state index in [0.29, 0.717) is 34.8 Å². The molecule has 0 bridgehead atoms. The normalized spacial score (nSPS) is 14.4. The minimum Gasteiger partial charge on any atom is -0.495 e. The summed E-state index contributed by atoms with van der Waals surface area (Å²) < 4.78 is 5.31. The molecule has 1 aromatic heterocycles. The number of rotatable bonds is 5. The summed E-state index contributed by atoms with van der Waals surface area (Å²) in [5.41, 5.74) is 2.02. The third-order valence-corrected chi connectivity index (χ3v) is 4.38. The summed E-state index contributed by atoms with van der Waals surface area (Å²) in [7, 11) is 1.58. The molecule has 1 aliphatic rings. The van der Waals surface area contributed by atoms with Crippen molar-refractivity contribution in [3.63, 3.8) is 0 Å². The van der Waals surface area contributed by atoms with Crippen LogP contribution in [0.25, 0.3) is 0 Å². The first-order valence-electron chi connectivity index (χ1n) is 8.63. The molecule has 1 fully saturated rings. The molecule has 2 aromatic rings. The molecule has 1 aromatic carbocycles. The Labute approximate surface area is 148 Å². The lowest BCUT2D eigenvalue weighted by Gasteiger charge is -2.14. The van der Waals surface area contributed by atoms with Crippen molar-refractivity contribution in [2.45, 2.75) is 45.6 Å². The van der Waals surface area contributed by atoms with Crippen molar-refractivity contribution >= 4 is 17.4 Å². The molecule has 132 valence electrons. The maximum atomic E-state index is 12.7. The average molecular weight is 340 g/mol. The summed E-state index contributed by atoms with van der Waals surface area (Å²) in [6.07, 6.45) is 4.76. The van der Waals surface area contributed by atoms with Crippen molar-refractivity contribution in [1.29, 1.82) is 0 Å². The highest BCUT2D eigenvalue weighted by molar-refractivity contribution is 6.04. The van der Waals surface area contributed by atoms with Gasteiger partial charge in [0, 0.05) is 12.1 Å². The van der Waals surface area contributed by atoms with Crippen LogP contribution in [0.5, 0.6) is 5.75 Å². The average Bonchev–Trinajstić information content (AvgIpc) is 3.07. The van der Waals surface area contributed by atoms with Crippen LogP contribution >= 0.6 is 0 Å². The fourth-order valence-electron chi connectivity index (χ4n) is 3.14. The van der Waals surface area contributed by atoms with Crippen LogP contribution in [-0.4, -0.2) is 29.0 Å². The molecular weight excluding hydrogens is 316 g/mol. The maximum absolute atomic E-state index is 12.7. The second-order valence-corrected chi connectivity index (χ2v) is 6.47. The zero-order valence-electron chi connectivity index (χ0n) is 14.9. The van der Waals surface area contributed by atoms with Crippen LogP contribution < -0.4 is 15.4 Å². The predicted molar refractivity (Wildman–Crippen MR) is 98.3 cm³/mol. The highest BCUT2D eigenvalue weighted by atomic mass is 16.5. The first-order valence-corrected chi connectivity index (χ1v) is 8.63. The van der Waals surface area contributed by atoms with Crippen LogP contribution in [-0.2, 0) is 0 Å². The number of anilines is 2. The lowest BCUT2D eigenvalue weighted by molar-refractivity contribution is 0.102. The van der Waals surface area contributed by atoms with E-state index < -0.39 is 0 Å². The molecule has 0 radical (unpaired) electrons. The number of hydrogen-bond acceptors (Lipinski definition) is 5. The minimum absolute atomic E-state index is 0.274. The number of ether oxygens (including phenoxy) is 1. The Bertz CT molecular complexity index is 770. The van der Waals surface area contributed by atoms with E-state index in [0.717, 1.165) is 18.4 Å². The van der Waals surface area contributed by atoms with Crippen molar-refractivity contribution in [3.05, 3.63) is 41.3 Å². The summed E-state index contributed by atoms with van der Waals surface area (Å²) in [5, 5.41) is 6.30. The molecule has 6 nitrogen and oxygen atoms in total. The van der Waals surface area contributed by atoms with Crippen molar-refractivity contribution in [1.82, 2.24) is 9.97 Å². The Kier molecular flexibility index (Phi) is 5.16. The Morgan fingerprint density at radius 2 is 1.92 bits per heavy atom. The van der Waals surface area contributed by atoms with Gasteiger partial charge in [-0.15, -0.1) is 0 Å². The van der Waals surface area contributed by atoms with E-state index in [2.05, 4.69) is 20.6 Å². The molecule has 0 atom stereocenters.